The Bertz CT molecular complexity index is 501. The Morgan fingerprint density at radius 2 is 2.05 bits per heavy atom. The van der Waals surface area contributed by atoms with Gasteiger partial charge in [-0.3, -0.25) is 0 Å². The van der Waals surface area contributed by atoms with Crippen molar-refractivity contribution in [1.82, 2.24) is 10.6 Å². The van der Waals surface area contributed by atoms with Crippen molar-refractivity contribution in [3.8, 4) is 5.75 Å². The summed E-state index contributed by atoms with van der Waals surface area (Å²) in [6.45, 7) is 6.12. The van der Waals surface area contributed by atoms with Crippen molar-refractivity contribution in [3.05, 3.63) is 42.0 Å². The summed E-state index contributed by atoms with van der Waals surface area (Å²) in [7, 11) is 0. The fourth-order valence-electron chi connectivity index (χ4n) is 1.49. The van der Waals surface area contributed by atoms with Gasteiger partial charge in [0.15, 0.2) is 0 Å². The van der Waals surface area contributed by atoms with E-state index in [1.807, 2.05) is 6.92 Å². The number of urea groups is 1. The number of hydrogen-bond acceptors (Lipinski definition) is 2. The van der Waals surface area contributed by atoms with Crippen LogP contribution in [0.3, 0.4) is 0 Å². The standard InChI is InChI=1S/C14H17F3N2O2/c1-10(2)6-7-18-13(20)19-9-11-4-3-5-12(8-11)21-14(15,16)17/h3-5,8H,1,6-7,9H2,2H3,(H2,18,19,20). The van der Waals surface area contributed by atoms with E-state index in [1.165, 1.54) is 18.2 Å². The van der Waals surface area contributed by atoms with Gasteiger partial charge in [-0.2, -0.15) is 0 Å². The predicted molar refractivity (Wildman–Crippen MR) is 72.8 cm³/mol. The van der Waals surface area contributed by atoms with Crippen LogP contribution in [-0.4, -0.2) is 18.9 Å². The molecule has 7 heteroatoms. The highest BCUT2D eigenvalue weighted by Crippen LogP contribution is 2.23. The zero-order chi connectivity index (χ0) is 15.9. The number of alkyl halides is 3. The van der Waals surface area contributed by atoms with E-state index in [0.29, 0.717) is 18.5 Å². The summed E-state index contributed by atoms with van der Waals surface area (Å²) in [6.07, 6.45) is -4.06. The third kappa shape index (κ3) is 7.86. The van der Waals surface area contributed by atoms with E-state index < -0.39 is 12.4 Å². The lowest BCUT2D eigenvalue weighted by molar-refractivity contribution is -0.274. The fourth-order valence-corrected chi connectivity index (χ4v) is 1.49. The van der Waals surface area contributed by atoms with Gasteiger partial charge in [0.1, 0.15) is 5.75 Å². The molecular weight excluding hydrogens is 285 g/mol. The van der Waals surface area contributed by atoms with Crippen molar-refractivity contribution in [2.75, 3.05) is 6.54 Å². The first kappa shape index (κ1) is 16.9. The van der Waals surface area contributed by atoms with Crippen molar-refractivity contribution in [2.24, 2.45) is 0 Å². The first-order valence-electron chi connectivity index (χ1n) is 6.27. The predicted octanol–water partition coefficient (Wildman–Crippen LogP) is 3.35. The van der Waals surface area contributed by atoms with Crippen molar-refractivity contribution in [1.29, 1.82) is 0 Å². The van der Waals surface area contributed by atoms with Crippen LogP contribution in [0.4, 0.5) is 18.0 Å². The second kappa shape index (κ2) is 7.56. The largest absolute Gasteiger partial charge is 0.573 e. The summed E-state index contributed by atoms with van der Waals surface area (Å²) in [5.74, 6) is -0.315. The molecule has 116 valence electrons. The SMILES string of the molecule is C=C(C)CCNC(=O)NCc1cccc(OC(F)(F)F)c1. The first-order chi connectivity index (χ1) is 9.76. The molecule has 0 saturated carbocycles. The molecule has 0 unspecified atom stereocenters. The minimum atomic E-state index is -4.73. The normalized spacial score (nSPS) is 10.9. The molecular formula is C14H17F3N2O2. The van der Waals surface area contributed by atoms with Crippen molar-refractivity contribution < 1.29 is 22.7 Å². The summed E-state index contributed by atoms with van der Waals surface area (Å²) >= 11 is 0. The lowest BCUT2D eigenvalue weighted by atomic mass is 10.2. The summed E-state index contributed by atoms with van der Waals surface area (Å²) < 4.78 is 40.1. The molecule has 4 nitrogen and oxygen atoms in total. The maximum Gasteiger partial charge on any atom is 0.573 e. The van der Waals surface area contributed by atoms with E-state index in [0.717, 1.165) is 5.57 Å². The summed E-state index contributed by atoms with van der Waals surface area (Å²) in [5, 5.41) is 5.16. The Hall–Kier alpha value is -2.18. The Kier molecular flexibility index (Phi) is 6.08. The number of rotatable bonds is 6. The van der Waals surface area contributed by atoms with Crippen molar-refractivity contribution in [3.63, 3.8) is 0 Å². The molecule has 1 rings (SSSR count). The Labute approximate surface area is 121 Å². The monoisotopic (exact) mass is 302 g/mol. The molecule has 0 aromatic heterocycles. The van der Waals surface area contributed by atoms with Crippen molar-refractivity contribution >= 4 is 6.03 Å². The van der Waals surface area contributed by atoms with Crippen LogP contribution in [0, 0.1) is 0 Å². The topological polar surface area (TPSA) is 50.4 Å². The minimum absolute atomic E-state index is 0.105. The van der Waals surface area contributed by atoms with Gasteiger partial charge in [-0.15, -0.1) is 19.8 Å². The molecule has 0 aliphatic rings. The van der Waals surface area contributed by atoms with Crippen LogP contribution >= 0.6 is 0 Å². The van der Waals surface area contributed by atoms with E-state index in [2.05, 4.69) is 21.9 Å². The second-order valence-electron chi connectivity index (χ2n) is 4.51. The lowest BCUT2D eigenvalue weighted by Gasteiger charge is -2.11. The highest BCUT2D eigenvalue weighted by atomic mass is 19.4. The Morgan fingerprint density at radius 3 is 2.67 bits per heavy atom. The van der Waals surface area contributed by atoms with Gasteiger partial charge in [0.2, 0.25) is 0 Å². The molecule has 0 heterocycles. The summed E-state index contributed by atoms with van der Waals surface area (Å²) in [5.41, 5.74) is 1.46. The van der Waals surface area contributed by atoms with Gasteiger partial charge in [0.05, 0.1) is 0 Å². The van der Waals surface area contributed by atoms with E-state index >= 15 is 0 Å². The van der Waals surface area contributed by atoms with Gasteiger partial charge >= 0.3 is 12.4 Å². The average molecular weight is 302 g/mol. The smallest absolute Gasteiger partial charge is 0.406 e. The number of carbonyl (C=O) groups is 1. The van der Waals surface area contributed by atoms with Crippen LogP contribution in [0.1, 0.15) is 18.9 Å². The van der Waals surface area contributed by atoms with Gasteiger partial charge in [-0.25, -0.2) is 4.79 Å². The van der Waals surface area contributed by atoms with Crippen LogP contribution in [0.15, 0.2) is 36.4 Å². The molecule has 0 aliphatic heterocycles. The van der Waals surface area contributed by atoms with Gasteiger partial charge in [0.25, 0.3) is 0 Å². The second-order valence-corrected chi connectivity index (χ2v) is 4.51. The zero-order valence-electron chi connectivity index (χ0n) is 11.6. The molecule has 2 N–H and O–H groups in total. The van der Waals surface area contributed by atoms with Gasteiger partial charge in [0, 0.05) is 13.1 Å². The minimum Gasteiger partial charge on any atom is -0.406 e. The van der Waals surface area contributed by atoms with Gasteiger partial charge in [-0.05, 0) is 31.0 Å². The number of halogens is 3. The van der Waals surface area contributed by atoms with E-state index in [4.69, 9.17) is 0 Å². The van der Waals surface area contributed by atoms with Crippen LogP contribution in [-0.2, 0) is 6.54 Å². The molecule has 1 aromatic carbocycles. The van der Waals surface area contributed by atoms with E-state index in [1.54, 1.807) is 6.07 Å². The number of ether oxygens (including phenoxy) is 1. The zero-order valence-corrected chi connectivity index (χ0v) is 11.6. The molecule has 21 heavy (non-hydrogen) atoms. The van der Waals surface area contributed by atoms with Crippen LogP contribution in [0.5, 0.6) is 5.75 Å². The Morgan fingerprint density at radius 1 is 1.33 bits per heavy atom. The molecule has 1 aromatic rings. The fraction of sp³-hybridized carbons (Fsp3) is 0.357. The lowest BCUT2D eigenvalue weighted by Crippen LogP contribution is -2.35. The van der Waals surface area contributed by atoms with Crippen LogP contribution < -0.4 is 15.4 Å². The molecule has 0 bridgehead atoms. The Balaban J connectivity index is 2.43. The molecule has 0 spiro atoms. The quantitative estimate of drug-likeness (QED) is 0.792. The molecule has 2 amide bonds. The maximum absolute atomic E-state index is 12.1. The third-order valence-corrected chi connectivity index (χ3v) is 2.42. The first-order valence-corrected chi connectivity index (χ1v) is 6.27. The van der Waals surface area contributed by atoms with E-state index in [-0.39, 0.29) is 12.3 Å². The molecule has 0 aliphatic carbocycles. The molecule has 0 saturated heterocycles. The summed E-state index contributed by atoms with van der Waals surface area (Å²) in [4.78, 5) is 11.4. The number of nitrogens with one attached hydrogen (secondary N) is 2. The van der Waals surface area contributed by atoms with Gasteiger partial charge < -0.3 is 15.4 Å². The molecule has 0 radical (unpaired) electrons. The number of carbonyl (C=O) groups excluding carboxylic acids is 1. The molecule has 0 atom stereocenters. The number of amides is 2. The maximum atomic E-state index is 12.1. The number of hydrogen-bond donors (Lipinski definition) is 2. The third-order valence-electron chi connectivity index (χ3n) is 2.42. The highest BCUT2D eigenvalue weighted by molar-refractivity contribution is 5.73. The number of benzene rings is 1. The van der Waals surface area contributed by atoms with E-state index in [9.17, 15) is 18.0 Å². The average Bonchev–Trinajstić information content (AvgIpc) is 2.34. The van der Waals surface area contributed by atoms with Crippen LogP contribution in [0.25, 0.3) is 0 Å². The molecule has 0 fully saturated rings. The summed E-state index contributed by atoms with van der Waals surface area (Å²) in [6, 6.07) is 5.05. The highest BCUT2D eigenvalue weighted by Gasteiger charge is 2.31. The van der Waals surface area contributed by atoms with Gasteiger partial charge in [-0.1, -0.05) is 17.7 Å². The van der Waals surface area contributed by atoms with Crippen molar-refractivity contribution in [2.45, 2.75) is 26.3 Å². The van der Waals surface area contributed by atoms with Crippen LogP contribution in [0.2, 0.25) is 0 Å².